The van der Waals surface area contributed by atoms with Crippen LogP contribution in [-0.4, -0.2) is 29.1 Å². The van der Waals surface area contributed by atoms with E-state index in [0.29, 0.717) is 18.5 Å². The Morgan fingerprint density at radius 1 is 1.38 bits per heavy atom. The molecule has 2 aromatic rings. The van der Waals surface area contributed by atoms with Gasteiger partial charge in [-0.3, -0.25) is 9.98 Å². The standard InChI is InChI=1S/C16H18ClFN4O.HI/c17-13-5-4-11(9-14(13)18)15(23)10-22-16(19)21-8-6-12-3-1-2-7-20-12;/h1-5,7,9,15,23H,6,8,10H2,(H3,19,21,22);1H. The molecule has 4 N–H and O–H groups in total. The zero-order valence-corrected chi connectivity index (χ0v) is 15.9. The first-order valence-electron chi connectivity index (χ1n) is 7.13. The quantitative estimate of drug-likeness (QED) is 0.349. The van der Waals surface area contributed by atoms with Crippen LogP contribution in [0.1, 0.15) is 17.4 Å². The molecule has 2 rings (SSSR count). The van der Waals surface area contributed by atoms with E-state index in [0.717, 1.165) is 5.69 Å². The predicted octanol–water partition coefficient (Wildman–Crippen LogP) is 2.67. The first kappa shape index (κ1) is 20.6. The van der Waals surface area contributed by atoms with E-state index < -0.39 is 11.9 Å². The van der Waals surface area contributed by atoms with Crippen molar-refractivity contribution < 1.29 is 9.50 Å². The zero-order chi connectivity index (χ0) is 16.7. The summed E-state index contributed by atoms with van der Waals surface area (Å²) in [4.78, 5) is 8.24. The summed E-state index contributed by atoms with van der Waals surface area (Å²) < 4.78 is 13.3. The van der Waals surface area contributed by atoms with Crippen molar-refractivity contribution in [1.29, 1.82) is 0 Å². The van der Waals surface area contributed by atoms with Crippen LogP contribution in [0.2, 0.25) is 5.02 Å². The van der Waals surface area contributed by atoms with E-state index in [9.17, 15) is 9.50 Å². The number of aliphatic imine (C=N–C) groups is 1. The Morgan fingerprint density at radius 3 is 2.83 bits per heavy atom. The molecule has 0 saturated heterocycles. The van der Waals surface area contributed by atoms with Gasteiger partial charge in [-0.1, -0.05) is 23.7 Å². The summed E-state index contributed by atoms with van der Waals surface area (Å²) in [7, 11) is 0. The summed E-state index contributed by atoms with van der Waals surface area (Å²) in [5.74, 6) is -0.358. The van der Waals surface area contributed by atoms with Crippen LogP contribution in [0, 0.1) is 5.82 Å². The van der Waals surface area contributed by atoms with Gasteiger partial charge in [0.2, 0.25) is 0 Å². The van der Waals surface area contributed by atoms with E-state index in [1.54, 1.807) is 12.3 Å². The molecule has 130 valence electrons. The molecular weight excluding hydrogens is 446 g/mol. The second kappa shape index (κ2) is 10.4. The fourth-order valence-corrected chi connectivity index (χ4v) is 2.05. The first-order valence-corrected chi connectivity index (χ1v) is 7.51. The fraction of sp³-hybridized carbons (Fsp3) is 0.250. The number of hydrogen-bond acceptors (Lipinski definition) is 3. The molecule has 1 aromatic carbocycles. The average Bonchev–Trinajstić information content (AvgIpc) is 2.56. The molecule has 0 saturated carbocycles. The number of rotatable bonds is 6. The summed E-state index contributed by atoms with van der Waals surface area (Å²) in [6.07, 6.45) is 1.49. The van der Waals surface area contributed by atoms with E-state index in [4.69, 9.17) is 17.3 Å². The van der Waals surface area contributed by atoms with Crippen LogP contribution in [0.4, 0.5) is 4.39 Å². The maximum atomic E-state index is 13.3. The van der Waals surface area contributed by atoms with Crippen molar-refractivity contribution in [3.05, 3.63) is 64.7 Å². The number of nitrogens with two attached hydrogens (primary N) is 1. The van der Waals surface area contributed by atoms with E-state index >= 15 is 0 Å². The maximum absolute atomic E-state index is 13.3. The summed E-state index contributed by atoms with van der Waals surface area (Å²) in [6.45, 7) is 0.613. The van der Waals surface area contributed by atoms with Crippen molar-refractivity contribution in [2.75, 3.05) is 13.1 Å². The molecule has 24 heavy (non-hydrogen) atoms. The van der Waals surface area contributed by atoms with E-state index in [2.05, 4.69) is 15.3 Å². The zero-order valence-electron chi connectivity index (χ0n) is 12.8. The molecule has 1 unspecified atom stereocenters. The van der Waals surface area contributed by atoms with Gasteiger partial charge in [0, 0.05) is 24.9 Å². The number of halogens is 3. The Bertz CT molecular complexity index is 672. The maximum Gasteiger partial charge on any atom is 0.188 e. The summed E-state index contributed by atoms with van der Waals surface area (Å²) in [5, 5.41) is 12.9. The lowest BCUT2D eigenvalue weighted by Gasteiger charge is -2.10. The van der Waals surface area contributed by atoms with E-state index in [1.165, 1.54) is 12.1 Å². The highest BCUT2D eigenvalue weighted by molar-refractivity contribution is 14.0. The molecule has 0 radical (unpaired) electrons. The molecule has 1 atom stereocenters. The monoisotopic (exact) mass is 464 g/mol. The molecule has 0 amide bonds. The third-order valence-electron chi connectivity index (χ3n) is 3.18. The molecule has 0 aliphatic heterocycles. The van der Waals surface area contributed by atoms with Gasteiger partial charge in [0.25, 0.3) is 0 Å². The van der Waals surface area contributed by atoms with E-state index in [-0.39, 0.29) is 41.5 Å². The second-order valence-corrected chi connectivity index (χ2v) is 5.32. The lowest BCUT2D eigenvalue weighted by Crippen LogP contribution is -2.33. The van der Waals surface area contributed by atoms with Crippen molar-refractivity contribution in [2.24, 2.45) is 10.7 Å². The number of aliphatic hydroxyl groups is 1. The minimum Gasteiger partial charge on any atom is -0.386 e. The molecule has 0 bridgehead atoms. The van der Waals surface area contributed by atoms with Crippen LogP contribution in [0.25, 0.3) is 0 Å². The Morgan fingerprint density at radius 2 is 2.17 bits per heavy atom. The lowest BCUT2D eigenvalue weighted by molar-refractivity contribution is 0.186. The van der Waals surface area contributed by atoms with Crippen LogP contribution in [0.5, 0.6) is 0 Å². The number of nitrogens with one attached hydrogen (secondary N) is 1. The summed E-state index contributed by atoms with van der Waals surface area (Å²) >= 11 is 5.60. The number of aliphatic hydroxyl groups excluding tert-OH is 1. The van der Waals surface area contributed by atoms with Crippen molar-refractivity contribution in [1.82, 2.24) is 10.3 Å². The Hall–Kier alpha value is -1.45. The third-order valence-corrected chi connectivity index (χ3v) is 3.48. The molecule has 8 heteroatoms. The Balaban J connectivity index is 0.00000288. The molecule has 5 nitrogen and oxygen atoms in total. The highest BCUT2D eigenvalue weighted by Gasteiger charge is 2.09. The largest absolute Gasteiger partial charge is 0.386 e. The minimum absolute atomic E-state index is 0. The van der Waals surface area contributed by atoms with Gasteiger partial charge in [-0.15, -0.1) is 24.0 Å². The lowest BCUT2D eigenvalue weighted by atomic mass is 10.1. The summed E-state index contributed by atoms with van der Waals surface area (Å²) in [5.41, 5.74) is 7.08. The Kier molecular flexibility index (Phi) is 8.94. The van der Waals surface area contributed by atoms with Gasteiger partial charge in [-0.2, -0.15) is 0 Å². The smallest absolute Gasteiger partial charge is 0.188 e. The normalized spacial score (nSPS) is 12.4. The first-order chi connectivity index (χ1) is 11.1. The molecule has 0 fully saturated rings. The van der Waals surface area contributed by atoms with Crippen molar-refractivity contribution >= 4 is 41.5 Å². The molecule has 0 aliphatic carbocycles. The minimum atomic E-state index is -0.946. The number of guanidine groups is 1. The molecule has 1 heterocycles. The number of hydrogen-bond donors (Lipinski definition) is 3. The molecule has 1 aromatic heterocycles. The van der Waals surface area contributed by atoms with Crippen LogP contribution >= 0.6 is 35.6 Å². The highest BCUT2D eigenvalue weighted by atomic mass is 127. The van der Waals surface area contributed by atoms with Crippen LogP contribution in [-0.2, 0) is 6.42 Å². The van der Waals surface area contributed by atoms with Gasteiger partial charge < -0.3 is 16.2 Å². The third kappa shape index (κ3) is 6.58. The average molecular weight is 465 g/mol. The molecule has 0 spiro atoms. The SMILES string of the molecule is I.NC(=NCC(O)c1ccc(Cl)c(F)c1)NCCc1ccccn1. The van der Waals surface area contributed by atoms with Crippen LogP contribution in [0.3, 0.4) is 0 Å². The predicted molar refractivity (Wildman–Crippen MR) is 104 cm³/mol. The topological polar surface area (TPSA) is 83.5 Å². The number of benzene rings is 1. The fourth-order valence-electron chi connectivity index (χ4n) is 1.93. The van der Waals surface area contributed by atoms with Gasteiger partial charge in [0.15, 0.2) is 5.96 Å². The van der Waals surface area contributed by atoms with Crippen molar-refractivity contribution in [3.8, 4) is 0 Å². The second-order valence-electron chi connectivity index (χ2n) is 4.91. The number of pyridine rings is 1. The number of aromatic nitrogens is 1. The van der Waals surface area contributed by atoms with Crippen molar-refractivity contribution in [3.63, 3.8) is 0 Å². The van der Waals surface area contributed by atoms with Crippen LogP contribution in [0.15, 0.2) is 47.6 Å². The molecular formula is C16H19ClFIN4O. The Labute approximate surface area is 162 Å². The number of nitrogens with zero attached hydrogens (tertiary/aromatic N) is 2. The van der Waals surface area contributed by atoms with E-state index in [1.807, 2.05) is 18.2 Å². The van der Waals surface area contributed by atoms with Gasteiger partial charge in [0.05, 0.1) is 17.7 Å². The van der Waals surface area contributed by atoms with Gasteiger partial charge >= 0.3 is 0 Å². The van der Waals surface area contributed by atoms with Gasteiger partial charge in [-0.05, 0) is 29.8 Å². The highest BCUT2D eigenvalue weighted by Crippen LogP contribution is 2.20. The van der Waals surface area contributed by atoms with Gasteiger partial charge in [0.1, 0.15) is 5.82 Å². The van der Waals surface area contributed by atoms with Crippen molar-refractivity contribution in [2.45, 2.75) is 12.5 Å². The summed E-state index contributed by atoms with van der Waals surface area (Å²) in [6, 6.07) is 9.83. The van der Waals surface area contributed by atoms with Gasteiger partial charge in [-0.25, -0.2) is 4.39 Å². The molecule has 0 aliphatic rings. The van der Waals surface area contributed by atoms with Crippen LogP contribution < -0.4 is 11.1 Å².